The van der Waals surface area contributed by atoms with Crippen LogP contribution in [0.2, 0.25) is 0 Å². The molecule has 2 nitrogen and oxygen atoms in total. The maximum atomic E-state index is 3.65. The average molecular weight is 343 g/mol. The van der Waals surface area contributed by atoms with Gasteiger partial charge >= 0.3 is 0 Å². The highest BCUT2D eigenvalue weighted by molar-refractivity contribution is 9.11. The number of hydrogen-bond acceptors (Lipinski definition) is 3. The highest BCUT2D eigenvalue weighted by Gasteiger charge is 2.39. The zero-order valence-electron chi connectivity index (χ0n) is 11.6. The van der Waals surface area contributed by atoms with Gasteiger partial charge in [-0.3, -0.25) is 4.90 Å². The van der Waals surface area contributed by atoms with Crippen molar-refractivity contribution in [3.8, 4) is 0 Å². The average Bonchev–Trinajstić information content (AvgIpc) is 2.89. The quantitative estimate of drug-likeness (QED) is 0.878. The van der Waals surface area contributed by atoms with Crippen molar-refractivity contribution in [2.75, 3.05) is 13.1 Å². The van der Waals surface area contributed by atoms with Crippen molar-refractivity contribution in [1.82, 2.24) is 10.2 Å². The zero-order chi connectivity index (χ0) is 13.2. The first kappa shape index (κ1) is 14.1. The molecule has 0 saturated carbocycles. The number of hydrogen-bond donors (Lipinski definition) is 1. The molecule has 2 aliphatic rings. The Hall–Kier alpha value is 0.1000. The minimum absolute atomic E-state index is 0.773. The van der Waals surface area contributed by atoms with Gasteiger partial charge in [-0.25, -0.2) is 0 Å². The van der Waals surface area contributed by atoms with Gasteiger partial charge in [-0.2, -0.15) is 0 Å². The van der Waals surface area contributed by atoms with E-state index in [0.717, 1.165) is 24.7 Å². The molecule has 3 rings (SSSR count). The Labute approximate surface area is 128 Å². The highest BCUT2D eigenvalue weighted by atomic mass is 79.9. The molecule has 2 aliphatic heterocycles. The summed E-state index contributed by atoms with van der Waals surface area (Å²) in [7, 11) is 0. The normalized spacial score (nSPS) is 30.9. The van der Waals surface area contributed by atoms with Gasteiger partial charge in [0.05, 0.1) is 3.79 Å². The second kappa shape index (κ2) is 6.25. The highest BCUT2D eigenvalue weighted by Crippen LogP contribution is 2.36. The van der Waals surface area contributed by atoms with Crippen molar-refractivity contribution in [3.63, 3.8) is 0 Å². The predicted octanol–water partition coefficient (Wildman–Crippen LogP) is 3.66. The Morgan fingerprint density at radius 2 is 2.05 bits per heavy atom. The van der Waals surface area contributed by atoms with Gasteiger partial charge in [0.25, 0.3) is 0 Å². The third kappa shape index (κ3) is 3.23. The van der Waals surface area contributed by atoms with Gasteiger partial charge in [0, 0.05) is 29.5 Å². The standard InChI is InChI=1S/C15H23BrN2S/c1-2-17-11-9-12-3-4-13(10-11)18(12)8-7-14-5-6-15(16)19-14/h5-6,11-13,17H,2-4,7-10H2,1H3. The Bertz CT molecular complexity index is 406. The van der Waals surface area contributed by atoms with Crippen molar-refractivity contribution in [1.29, 1.82) is 0 Å². The zero-order valence-corrected chi connectivity index (χ0v) is 14.0. The first-order chi connectivity index (χ1) is 9.26. The van der Waals surface area contributed by atoms with E-state index in [0.29, 0.717) is 0 Å². The van der Waals surface area contributed by atoms with E-state index in [2.05, 4.69) is 45.2 Å². The fourth-order valence-electron chi connectivity index (χ4n) is 3.82. The van der Waals surface area contributed by atoms with Gasteiger partial charge in [0.2, 0.25) is 0 Å². The van der Waals surface area contributed by atoms with E-state index in [1.165, 1.54) is 47.3 Å². The SMILES string of the molecule is CCNC1CC2CCC(C1)N2CCc1ccc(Br)s1. The van der Waals surface area contributed by atoms with Gasteiger partial charge in [-0.1, -0.05) is 6.92 Å². The van der Waals surface area contributed by atoms with Crippen LogP contribution in [-0.2, 0) is 6.42 Å². The van der Waals surface area contributed by atoms with Crippen molar-refractivity contribution in [2.45, 2.75) is 57.2 Å². The molecule has 19 heavy (non-hydrogen) atoms. The summed E-state index contributed by atoms with van der Waals surface area (Å²) in [6.45, 7) is 4.59. The van der Waals surface area contributed by atoms with Crippen LogP contribution in [0.25, 0.3) is 0 Å². The molecule has 1 aromatic rings. The molecule has 2 unspecified atom stereocenters. The third-order valence-electron chi connectivity index (χ3n) is 4.62. The molecule has 2 bridgehead atoms. The van der Waals surface area contributed by atoms with Gasteiger partial charge in [0.15, 0.2) is 0 Å². The smallest absolute Gasteiger partial charge is 0.0701 e. The van der Waals surface area contributed by atoms with Crippen LogP contribution in [0, 0.1) is 0 Å². The molecule has 3 heterocycles. The molecule has 2 saturated heterocycles. The molecule has 0 aliphatic carbocycles. The molecular weight excluding hydrogens is 320 g/mol. The molecule has 0 amide bonds. The van der Waals surface area contributed by atoms with E-state index in [-0.39, 0.29) is 0 Å². The molecule has 0 spiro atoms. The molecule has 1 aromatic heterocycles. The topological polar surface area (TPSA) is 15.3 Å². The lowest BCUT2D eigenvalue weighted by atomic mass is 9.97. The summed E-state index contributed by atoms with van der Waals surface area (Å²) < 4.78 is 1.26. The fraction of sp³-hybridized carbons (Fsp3) is 0.733. The number of rotatable bonds is 5. The summed E-state index contributed by atoms with van der Waals surface area (Å²) >= 11 is 5.44. The number of halogens is 1. The van der Waals surface area contributed by atoms with Crippen LogP contribution in [0.3, 0.4) is 0 Å². The van der Waals surface area contributed by atoms with E-state index in [9.17, 15) is 0 Å². The van der Waals surface area contributed by atoms with Crippen LogP contribution in [0.4, 0.5) is 0 Å². The van der Waals surface area contributed by atoms with E-state index in [4.69, 9.17) is 0 Å². The monoisotopic (exact) mass is 342 g/mol. The minimum Gasteiger partial charge on any atom is -0.314 e. The Balaban J connectivity index is 1.55. The van der Waals surface area contributed by atoms with Gasteiger partial charge in [0.1, 0.15) is 0 Å². The Kier molecular flexibility index (Phi) is 4.62. The molecule has 2 atom stereocenters. The number of piperidine rings is 1. The van der Waals surface area contributed by atoms with Crippen LogP contribution in [0.1, 0.15) is 37.5 Å². The largest absolute Gasteiger partial charge is 0.314 e. The van der Waals surface area contributed by atoms with Crippen molar-refractivity contribution in [2.24, 2.45) is 0 Å². The summed E-state index contributed by atoms with van der Waals surface area (Å²) in [5.41, 5.74) is 0. The number of nitrogens with one attached hydrogen (secondary N) is 1. The van der Waals surface area contributed by atoms with Crippen LogP contribution < -0.4 is 5.32 Å². The van der Waals surface area contributed by atoms with E-state index in [1.807, 2.05) is 11.3 Å². The van der Waals surface area contributed by atoms with E-state index < -0.39 is 0 Å². The Morgan fingerprint density at radius 1 is 1.32 bits per heavy atom. The molecule has 106 valence electrons. The third-order valence-corrected chi connectivity index (χ3v) is 6.31. The fourth-order valence-corrected chi connectivity index (χ4v) is 5.29. The maximum absolute atomic E-state index is 3.65. The second-order valence-corrected chi connectivity index (χ2v) is 8.35. The second-order valence-electron chi connectivity index (χ2n) is 5.80. The summed E-state index contributed by atoms with van der Waals surface area (Å²) in [5.74, 6) is 0. The summed E-state index contributed by atoms with van der Waals surface area (Å²) in [6.07, 6.45) is 6.77. The molecule has 0 radical (unpaired) electrons. The summed E-state index contributed by atoms with van der Waals surface area (Å²) in [6, 6.07) is 6.89. The first-order valence-electron chi connectivity index (χ1n) is 7.49. The molecule has 2 fully saturated rings. The predicted molar refractivity (Wildman–Crippen MR) is 85.9 cm³/mol. The van der Waals surface area contributed by atoms with Crippen LogP contribution in [0.5, 0.6) is 0 Å². The maximum Gasteiger partial charge on any atom is 0.0701 e. The van der Waals surface area contributed by atoms with Crippen molar-refractivity contribution < 1.29 is 0 Å². The lowest BCUT2D eigenvalue weighted by Crippen LogP contribution is -2.49. The summed E-state index contributed by atoms with van der Waals surface area (Å²) in [5, 5.41) is 3.65. The van der Waals surface area contributed by atoms with Crippen LogP contribution in [0.15, 0.2) is 15.9 Å². The summed E-state index contributed by atoms with van der Waals surface area (Å²) in [4.78, 5) is 4.31. The molecule has 4 heteroatoms. The van der Waals surface area contributed by atoms with Crippen LogP contribution >= 0.6 is 27.3 Å². The molecule has 1 N–H and O–H groups in total. The van der Waals surface area contributed by atoms with Gasteiger partial charge < -0.3 is 5.32 Å². The number of nitrogens with zero attached hydrogens (tertiary/aromatic N) is 1. The first-order valence-corrected chi connectivity index (χ1v) is 9.10. The Morgan fingerprint density at radius 3 is 2.63 bits per heavy atom. The molecular formula is C15H23BrN2S. The van der Waals surface area contributed by atoms with Crippen molar-refractivity contribution >= 4 is 27.3 Å². The van der Waals surface area contributed by atoms with E-state index in [1.54, 1.807) is 0 Å². The van der Waals surface area contributed by atoms with Gasteiger partial charge in [-0.05, 0) is 66.7 Å². The number of thiophene rings is 1. The minimum atomic E-state index is 0.773. The van der Waals surface area contributed by atoms with Crippen LogP contribution in [-0.4, -0.2) is 36.1 Å². The van der Waals surface area contributed by atoms with E-state index >= 15 is 0 Å². The lowest BCUT2D eigenvalue weighted by Gasteiger charge is -2.39. The number of fused-ring (bicyclic) bond motifs is 2. The van der Waals surface area contributed by atoms with Gasteiger partial charge in [-0.15, -0.1) is 11.3 Å². The van der Waals surface area contributed by atoms with Crippen molar-refractivity contribution in [3.05, 3.63) is 20.8 Å². The lowest BCUT2D eigenvalue weighted by molar-refractivity contribution is 0.119. The molecule has 0 aromatic carbocycles.